The minimum atomic E-state index is 0.433. The Hall–Kier alpha value is -1.13. The molecule has 0 saturated heterocycles. The number of benzene rings is 1. The van der Waals surface area contributed by atoms with Crippen molar-refractivity contribution < 1.29 is 0 Å². The molecule has 0 atom stereocenters. The van der Waals surface area contributed by atoms with Crippen molar-refractivity contribution >= 4 is 22.8 Å². The molecule has 1 aliphatic rings. The number of thioether (sulfide) groups is 1. The van der Waals surface area contributed by atoms with E-state index >= 15 is 0 Å². The third-order valence-electron chi connectivity index (χ3n) is 4.45. The number of rotatable bonds is 5. The van der Waals surface area contributed by atoms with E-state index < -0.39 is 0 Å². The fraction of sp³-hybridized carbons (Fsp3) is 0.529. The van der Waals surface area contributed by atoms with Crippen molar-refractivity contribution in [3.8, 4) is 0 Å². The lowest BCUT2D eigenvalue weighted by atomic mass is 9.88. The van der Waals surface area contributed by atoms with Gasteiger partial charge in [0.15, 0.2) is 0 Å². The highest BCUT2D eigenvalue weighted by molar-refractivity contribution is 8.00. The molecule has 112 valence electrons. The van der Waals surface area contributed by atoms with Gasteiger partial charge in [0.2, 0.25) is 0 Å². The summed E-state index contributed by atoms with van der Waals surface area (Å²) in [6.45, 7) is 1.88. The van der Waals surface area contributed by atoms with Crippen molar-refractivity contribution in [3.05, 3.63) is 36.2 Å². The zero-order valence-electron chi connectivity index (χ0n) is 12.6. The molecule has 1 heterocycles. The molecule has 0 aliphatic heterocycles. The largest absolute Gasteiger partial charge is 0.310 e. The van der Waals surface area contributed by atoms with Gasteiger partial charge in [0.1, 0.15) is 0 Å². The second kappa shape index (κ2) is 6.75. The molecule has 2 aromatic rings. The third kappa shape index (κ3) is 3.55. The Balaban J connectivity index is 1.60. The standard InChI is InChI=1S/C17H23N3S/c1-21-17(9-5-2-6-10-17)13-18-11-14-12-19-15-7-3-4-8-16(15)20-14/h3-4,7-8,12,18H,2,5-6,9-11,13H2,1H3. The molecule has 1 fully saturated rings. The lowest BCUT2D eigenvalue weighted by Crippen LogP contribution is -2.39. The molecule has 1 aromatic carbocycles. The summed E-state index contributed by atoms with van der Waals surface area (Å²) >= 11 is 2.03. The van der Waals surface area contributed by atoms with Crippen LogP contribution in [0.5, 0.6) is 0 Å². The van der Waals surface area contributed by atoms with E-state index in [1.807, 2.05) is 42.2 Å². The summed E-state index contributed by atoms with van der Waals surface area (Å²) < 4.78 is 0.433. The van der Waals surface area contributed by atoms with E-state index in [0.717, 1.165) is 29.8 Å². The van der Waals surface area contributed by atoms with Gasteiger partial charge in [-0.3, -0.25) is 4.98 Å². The molecule has 1 N–H and O–H groups in total. The van der Waals surface area contributed by atoms with Gasteiger partial charge in [-0.2, -0.15) is 11.8 Å². The topological polar surface area (TPSA) is 37.8 Å². The van der Waals surface area contributed by atoms with Crippen molar-refractivity contribution in [2.24, 2.45) is 0 Å². The minimum Gasteiger partial charge on any atom is -0.310 e. The smallest absolute Gasteiger partial charge is 0.0890 e. The molecule has 3 nitrogen and oxygen atoms in total. The van der Waals surface area contributed by atoms with Crippen LogP contribution in [0.15, 0.2) is 30.5 Å². The van der Waals surface area contributed by atoms with Crippen LogP contribution < -0.4 is 5.32 Å². The highest BCUT2D eigenvalue weighted by atomic mass is 32.2. The first-order valence-electron chi connectivity index (χ1n) is 7.78. The second-order valence-electron chi connectivity index (χ2n) is 5.90. The first kappa shape index (κ1) is 14.8. The van der Waals surface area contributed by atoms with E-state index in [0.29, 0.717) is 4.75 Å². The van der Waals surface area contributed by atoms with Crippen molar-refractivity contribution in [2.45, 2.75) is 43.4 Å². The molecule has 1 aliphatic carbocycles. The lowest BCUT2D eigenvalue weighted by molar-refractivity contribution is 0.379. The number of fused-ring (bicyclic) bond motifs is 1. The lowest BCUT2D eigenvalue weighted by Gasteiger charge is -2.36. The quantitative estimate of drug-likeness (QED) is 0.912. The fourth-order valence-electron chi connectivity index (χ4n) is 3.15. The Morgan fingerprint density at radius 3 is 2.67 bits per heavy atom. The van der Waals surface area contributed by atoms with Gasteiger partial charge in [-0.15, -0.1) is 0 Å². The van der Waals surface area contributed by atoms with Gasteiger partial charge in [0.05, 0.1) is 22.9 Å². The third-order valence-corrected chi connectivity index (χ3v) is 5.87. The van der Waals surface area contributed by atoms with Crippen LogP contribution in [0.3, 0.4) is 0 Å². The van der Waals surface area contributed by atoms with Gasteiger partial charge >= 0.3 is 0 Å². The van der Waals surface area contributed by atoms with E-state index in [9.17, 15) is 0 Å². The van der Waals surface area contributed by atoms with E-state index in [-0.39, 0.29) is 0 Å². The highest BCUT2D eigenvalue weighted by Gasteiger charge is 2.30. The maximum Gasteiger partial charge on any atom is 0.0890 e. The summed E-state index contributed by atoms with van der Waals surface area (Å²) in [5.41, 5.74) is 2.98. The first-order chi connectivity index (χ1) is 10.3. The van der Waals surface area contributed by atoms with Crippen molar-refractivity contribution in [1.82, 2.24) is 15.3 Å². The van der Waals surface area contributed by atoms with Crippen molar-refractivity contribution in [3.63, 3.8) is 0 Å². The predicted molar refractivity (Wildman–Crippen MR) is 90.6 cm³/mol. The SMILES string of the molecule is CSC1(CNCc2cnc3ccccc3n2)CCCCC1. The predicted octanol–water partition coefficient (Wildman–Crippen LogP) is 3.79. The van der Waals surface area contributed by atoms with Crippen LogP contribution in [-0.4, -0.2) is 27.5 Å². The maximum atomic E-state index is 4.67. The van der Waals surface area contributed by atoms with Gasteiger partial charge in [-0.05, 0) is 31.2 Å². The van der Waals surface area contributed by atoms with Crippen molar-refractivity contribution in [2.75, 3.05) is 12.8 Å². The first-order valence-corrected chi connectivity index (χ1v) is 9.00. The van der Waals surface area contributed by atoms with Gasteiger partial charge < -0.3 is 5.32 Å². The van der Waals surface area contributed by atoms with Crippen LogP contribution in [0.1, 0.15) is 37.8 Å². The minimum absolute atomic E-state index is 0.433. The number of hydrogen-bond donors (Lipinski definition) is 1. The molecule has 3 rings (SSSR count). The van der Waals surface area contributed by atoms with Crippen LogP contribution in [0.25, 0.3) is 11.0 Å². The average molecular weight is 301 g/mol. The molecule has 4 heteroatoms. The number of aromatic nitrogens is 2. The number of nitrogens with one attached hydrogen (secondary N) is 1. The Labute approximate surface area is 131 Å². The van der Waals surface area contributed by atoms with Crippen LogP contribution in [0.2, 0.25) is 0 Å². The van der Waals surface area contributed by atoms with Crippen LogP contribution >= 0.6 is 11.8 Å². The van der Waals surface area contributed by atoms with Gasteiger partial charge in [-0.25, -0.2) is 4.98 Å². The number of nitrogens with zero attached hydrogens (tertiary/aromatic N) is 2. The summed E-state index contributed by atoms with van der Waals surface area (Å²) in [5, 5.41) is 3.60. The summed E-state index contributed by atoms with van der Waals surface area (Å²) in [7, 11) is 0. The molecule has 0 radical (unpaired) electrons. The van der Waals surface area contributed by atoms with Crippen LogP contribution in [-0.2, 0) is 6.54 Å². The average Bonchev–Trinajstić information content (AvgIpc) is 2.55. The normalized spacial score (nSPS) is 18.0. The Bertz CT molecular complexity index is 593. The molecule has 0 spiro atoms. The van der Waals surface area contributed by atoms with Crippen LogP contribution in [0, 0.1) is 0 Å². The molecule has 1 saturated carbocycles. The summed E-state index contributed by atoms with van der Waals surface area (Å²) in [5.74, 6) is 0. The summed E-state index contributed by atoms with van der Waals surface area (Å²) in [6, 6.07) is 8.04. The van der Waals surface area contributed by atoms with Gasteiger partial charge in [-0.1, -0.05) is 31.4 Å². The zero-order chi connectivity index (χ0) is 14.5. The monoisotopic (exact) mass is 301 g/mol. The Morgan fingerprint density at radius 1 is 1.14 bits per heavy atom. The summed E-state index contributed by atoms with van der Waals surface area (Å²) in [4.78, 5) is 9.15. The van der Waals surface area contributed by atoms with E-state index in [1.165, 1.54) is 32.1 Å². The van der Waals surface area contributed by atoms with E-state index in [4.69, 9.17) is 0 Å². The maximum absolute atomic E-state index is 4.67. The van der Waals surface area contributed by atoms with E-state index in [2.05, 4.69) is 21.5 Å². The molecular formula is C17H23N3S. The molecule has 1 aromatic heterocycles. The Morgan fingerprint density at radius 2 is 1.90 bits per heavy atom. The molecule has 0 bridgehead atoms. The molecule has 0 unspecified atom stereocenters. The van der Waals surface area contributed by atoms with Crippen LogP contribution in [0.4, 0.5) is 0 Å². The van der Waals surface area contributed by atoms with Gasteiger partial charge in [0.25, 0.3) is 0 Å². The molecule has 0 amide bonds. The second-order valence-corrected chi connectivity index (χ2v) is 7.18. The highest BCUT2D eigenvalue weighted by Crippen LogP contribution is 2.37. The molecule has 21 heavy (non-hydrogen) atoms. The van der Waals surface area contributed by atoms with Crippen molar-refractivity contribution in [1.29, 1.82) is 0 Å². The van der Waals surface area contributed by atoms with Gasteiger partial charge in [0, 0.05) is 17.8 Å². The zero-order valence-corrected chi connectivity index (χ0v) is 13.5. The van der Waals surface area contributed by atoms with E-state index in [1.54, 1.807) is 0 Å². The number of hydrogen-bond acceptors (Lipinski definition) is 4. The number of para-hydroxylation sites is 2. The summed E-state index contributed by atoms with van der Waals surface area (Å²) in [6.07, 6.45) is 11.0. The fourth-order valence-corrected chi connectivity index (χ4v) is 4.09. The Kier molecular flexibility index (Phi) is 4.76. The molecular weight excluding hydrogens is 278 g/mol.